The summed E-state index contributed by atoms with van der Waals surface area (Å²) < 4.78 is 13.3. The second kappa shape index (κ2) is 2.85. The van der Waals surface area contributed by atoms with E-state index in [1.165, 1.54) is 6.07 Å². The van der Waals surface area contributed by atoms with Crippen LogP contribution in [-0.2, 0) is 0 Å². The Bertz CT molecular complexity index is 431. The van der Waals surface area contributed by atoms with E-state index in [9.17, 15) is 4.39 Å². The zero-order valence-electron chi connectivity index (χ0n) is 7.34. The molecule has 0 radical (unpaired) electrons. The van der Waals surface area contributed by atoms with Gasteiger partial charge in [-0.05, 0) is 30.5 Å². The van der Waals surface area contributed by atoms with E-state index in [-0.39, 0.29) is 11.9 Å². The number of hydrogen-bond donors (Lipinski definition) is 2. The largest absolute Gasteiger partial charge is 0.361 e. The molecule has 0 aliphatic heterocycles. The van der Waals surface area contributed by atoms with Crippen LogP contribution in [0.1, 0.15) is 18.5 Å². The molecule has 0 saturated heterocycles. The molecule has 1 unspecified atom stereocenters. The van der Waals surface area contributed by atoms with Crippen molar-refractivity contribution in [3.8, 4) is 0 Å². The first-order valence-electron chi connectivity index (χ1n) is 4.20. The average Bonchev–Trinajstić information content (AvgIpc) is 2.48. The van der Waals surface area contributed by atoms with E-state index in [0.29, 0.717) is 5.56 Å². The molecular weight excluding hydrogens is 167 g/mol. The van der Waals surface area contributed by atoms with Gasteiger partial charge in [0, 0.05) is 23.3 Å². The van der Waals surface area contributed by atoms with Crippen LogP contribution in [0.15, 0.2) is 24.4 Å². The highest BCUT2D eigenvalue weighted by Crippen LogP contribution is 2.21. The third kappa shape index (κ3) is 1.31. The number of aromatic amines is 1. The summed E-state index contributed by atoms with van der Waals surface area (Å²) in [5.41, 5.74) is 6.99. The number of nitrogens with one attached hydrogen (secondary N) is 1. The highest BCUT2D eigenvalue weighted by atomic mass is 19.1. The summed E-state index contributed by atoms with van der Waals surface area (Å²) in [5.74, 6) is -0.245. The number of nitrogens with two attached hydrogens (primary N) is 1. The predicted molar refractivity (Wildman–Crippen MR) is 50.9 cm³/mol. The molecule has 0 fully saturated rings. The average molecular weight is 178 g/mol. The Hall–Kier alpha value is -1.35. The number of fused-ring (bicyclic) bond motifs is 1. The van der Waals surface area contributed by atoms with E-state index < -0.39 is 0 Å². The lowest BCUT2D eigenvalue weighted by atomic mass is 10.1. The van der Waals surface area contributed by atoms with Crippen molar-refractivity contribution < 1.29 is 4.39 Å². The van der Waals surface area contributed by atoms with E-state index >= 15 is 0 Å². The molecule has 0 spiro atoms. The van der Waals surface area contributed by atoms with Crippen LogP contribution in [0.3, 0.4) is 0 Å². The summed E-state index contributed by atoms with van der Waals surface area (Å²) >= 11 is 0. The molecule has 1 aromatic carbocycles. The minimum atomic E-state index is -0.265. The Morgan fingerprint density at radius 2 is 2.23 bits per heavy atom. The van der Waals surface area contributed by atoms with Crippen molar-refractivity contribution >= 4 is 10.9 Å². The zero-order chi connectivity index (χ0) is 9.42. The quantitative estimate of drug-likeness (QED) is 0.691. The Morgan fingerprint density at radius 1 is 1.46 bits per heavy atom. The summed E-state index contributed by atoms with van der Waals surface area (Å²) in [6.45, 7) is 1.77. The lowest BCUT2D eigenvalue weighted by Gasteiger charge is -2.06. The molecule has 0 aliphatic carbocycles. The zero-order valence-corrected chi connectivity index (χ0v) is 7.34. The molecule has 1 heterocycles. The Labute approximate surface area is 75.6 Å². The summed E-state index contributed by atoms with van der Waals surface area (Å²) in [6, 6.07) is 4.90. The number of hydrogen-bond acceptors (Lipinski definition) is 1. The van der Waals surface area contributed by atoms with Gasteiger partial charge in [0.2, 0.25) is 0 Å². The fraction of sp³-hybridized carbons (Fsp3) is 0.200. The number of halogens is 1. The highest BCUT2D eigenvalue weighted by molar-refractivity contribution is 5.80. The number of benzene rings is 1. The standard InChI is InChI=1S/C10H11FN2/c1-6(12)8-4-7-2-3-13-10(7)5-9(8)11/h2-6,13H,12H2,1H3. The van der Waals surface area contributed by atoms with Gasteiger partial charge in [0.1, 0.15) is 5.82 Å². The van der Waals surface area contributed by atoms with E-state index in [2.05, 4.69) is 4.98 Å². The molecule has 0 aliphatic rings. The molecule has 0 bridgehead atoms. The molecule has 3 heteroatoms. The maximum atomic E-state index is 13.3. The minimum absolute atomic E-state index is 0.245. The van der Waals surface area contributed by atoms with Crippen LogP contribution < -0.4 is 5.73 Å². The molecule has 0 amide bonds. The lowest BCUT2D eigenvalue weighted by molar-refractivity contribution is 0.596. The van der Waals surface area contributed by atoms with Gasteiger partial charge < -0.3 is 10.7 Å². The highest BCUT2D eigenvalue weighted by Gasteiger charge is 2.08. The second-order valence-electron chi connectivity index (χ2n) is 3.23. The van der Waals surface area contributed by atoms with Gasteiger partial charge in [-0.3, -0.25) is 0 Å². The summed E-state index contributed by atoms with van der Waals surface area (Å²) in [4.78, 5) is 2.95. The van der Waals surface area contributed by atoms with Crippen molar-refractivity contribution in [3.05, 3.63) is 35.8 Å². The SMILES string of the molecule is CC(N)c1cc2cc[nH]c2cc1F. The Balaban J connectivity index is 2.69. The van der Waals surface area contributed by atoms with Crippen molar-refractivity contribution in [2.75, 3.05) is 0 Å². The van der Waals surface area contributed by atoms with Gasteiger partial charge in [-0.1, -0.05) is 0 Å². The maximum Gasteiger partial charge on any atom is 0.130 e. The molecule has 3 N–H and O–H groups in total. The van der Waals surface area contributed by atoms with Crippen LogP contribution in [0.4, 0.5) is 4.39 Å². The lowest BCUT2D eigenvalue weighted by Crippen LogP contribution is -2.07. The van der Waals surface area contributed by atoms with Gasteiger partial charge in [0.25, 0.3) is 0 Å². The topological polar surface area (TPSA) is 41.8 Å². The van der Waals surface area contributed by atoms with Crippen molar-refractivity contribution in [2.24, 2.45) is 5.73 Å². The van der Waals surface area contributed by atoms with Crippen molar-refractivity contribution in [2.45, 2.75) is 13.0 Å². The molecule has 13 heavy (non-hydrogen) atoms. The van der Waals surface area contributed by atoms with Crippen molar-refractivity contribution in [1.82, 2.24) is 4.98 Å². The van der Waals surface area contributed by atoms with E-state index in [0.717, 1.165) is 10.9 Å². The minimum Gasteiger partial charge on any atom is -0.361 e. The van der Waals surface area contributed by atoms with E-state index in [1.807, 2.05) is 6.07 Å². The fourth-order valence-electron chi connectivity index (χ4n) is 1.44. The van der Waals surface area contributed by atoms with Gasteiger partial charge in [-0.25, -0.2) is 4.39 Å². The Kier molecular flexibility index (Phi) is 1.81. The van der Waals surface area contributed by atoms with Crippen molar-refractivity contribution in [3.63, 3.8) is 0 Å². The fourth-order valence-corrected chi connectivity index (χ4v) is 1.44. The van der Waals surface area contributed by atoms with Gasteiger partial charge >= 0.3 is 0 Å². The molecular formula is C10H11FN2. The smallest absolute Gasteiger partial charge is 0.130 e. The van der Waals surface area contributed by atoms with Crippen molar-refractivity contribution in [1.29, 1.82) is 0 Å². The van der Waals surface area contributed by atoms with E-state index in [1.54, 1.807) is 19.2 Å². The van der Waals surface area contributed by atoms with Gasteiger partial charge in [0.15, 0.2) is 0 Å². The molecule has 2 rings (SSSR count). The molecule has 68 valence electrons. The van der Waals surface area contributed by atoms with Crippen LogP contribution in [0, 0.1) is 5.82 Å². The number of H-pyrrole nitrogens is 1. The van der Waals surface area contributed by atoms with Gasteiger partial charge in [-0.2, -0.15) is 0 Å². The first-order chi connectivity index (χ1) is 6.18. The number of aromatic nitrogens is 1. The first kappa shape index (κ1) is 8.26. The van der Waals surface area contributed by atoms with Crippen LogP contribution in [0.5, 0.6) is 0 Å². The third-order valence-electron chi connectivity index (χ3n) is 2.16. The molecule has 1 aromatic heterocycles. The molecule has 2 nitrogen and oxygen atoms in total. The first-order valence-corrected chi connectivity index (χ1v) is 4.20. The van der Waals surface area contributed by atoms with Crippen LogP contribution in [-0.4, -0.2) is 4.98 Å². The molecule has 1 atom stereocenters. The second-order valence-corrected chi connectivity index (χ2v) is 3.23. The molecule has 2 aromatic rings. The normalized spacial score (nSPS) is 13.5. The third-order valence-corrected chi connectivity index (χ3v) is 2.16. The Morgan fingerprint density at radius 3 is 2.92 bits per heavy atom. The summed E-state index contributed by atoms with van der Waals surface area (Å²) in [7, 11) is 0. The molecule has 0 saturated carbocycles. The van der Waals surface area contributed by atoms with Crippen LogP contribution >= 0.6 is 0 Å². The van der Waals surface area contributed by atoms with Crippen LogP contribution in [0.25, 0.3) is 10.9 Å². The number of rotatable bonds is 1. The van der Waals surface area contributed by atoms with Gasteiger partial charge in [-0.15, -0.1) is 0 Å². The monoisotopic (exact) mass is 178 g/mol. The predicted octanol–water partition coefficient (Wildman–Crippen LogP) is 2.33. The maximum absolute atomic E-state index is 13.3. The van der Waals surface area contributed by atoms with Crippen LogP contribution in [0.2, 0.25) is 0 Å². The van der Waals surface area contributed by atoms with E-state index in [4.69, 9.17) is 5.73 Å². The summed E-state index contributed by atoms with van der Waals surface area (Å²) in [6.07, 6.45) is 1.79. The van der Waals surface area contributed by atoms with Gasteiger partial charge in [0.05, 0.1) is 0 Å². The summed E-state index contributed by atoms with van der Waals surface area (Å²) in [5, 5.41) is 0.994.